The lowest BCUT2D eigenvalue weighted by Crippen LogP contribution is -2.24. The summed E-state index contributed by atoms with van der Waals surface area (Å²) >= 11 is 3.48. The number of hydrogen-bond acceptors (Lipinski definition) is 6. The molecule has 9 heteroatoms. The van der Waals surface area contributed by atoms with Crippen LogP contribution in [-0.2, 0) is 12.1 Å². The van der Waals surface area contributed by atoms with Crippen LogP contribution in [-0.4, -0.2) is 34.0 Å². The molecule has 0 radical (unpaired) electrons. The van der Waals surface area contributed by atoms with E-state index >= 15 is 0 Å². The number of nitrogens with one attached hydrogen (secondary N) is 2. The summed E-state index contributed by atoms with van der Waals surface area (Å²) in [4.78, 5) is 19.7. The Morgan fingerprint density at radius 2 is 2.00 bits per heavy atom. The van der Waals surface area contributed by atoms with Crippen molar-refractivity contribution in [1.29, 1.82) is 0 Å². The Labute approximate surface area is 165 Å². The van der Waals surface area contributed by atoms with Crippen LogP contribution in [0.2, 0.25) is 0 Å². The maximum Gasteiger partial charge on any atom is 0.263 e. The number of benzene rings is 1. The number of nitrogens with zero attached hydrogens (tertiary/aromatic N) is 3. The number of aromatic amines is 1. The zero-order chi connectivity index (χ0) is 19.8. The van der Waals surface area contributed by atoms with E-state index in [0.717, 1.165) is 10.0 Å². The molecule has 2 aromatic heterocycles. The molecule has 0 aliphatic carbocycles. The zero-order valence-electron chi connectivity index (χ0n) is 15.9. The van der Waals surface area contributed by atoms with Crippen LogP contribution in [0.3, 0.4) is 0 Å². The lowest BCUT2D eigenvalue weighted by Gasteiger charge is -2.19. The summed E-state index contributed by atoms with van der Waals surface area (Å²) in [7, 11) is 3.17. The highest BCUT2D eigenvalue weighted by molar-refractivity contribution is 9.10. The third-order valence-electron chi connectivity index (χ3n) is 4.03. The summed E-state index contributed by atoms with van der Waals surface area (Å²) in [6, 6.07) is 3.79. The number of methoxy groups -OCH3 is 2. The Bertz CT molecular complexity index is 1040. The van der Waals surface area contributed by atoms with E-state index in [4.69, 9.17) is 9.47 Å². The molecule has 0 amide bonds. The first kappa shape index (κ1) is 19.2. The molecule has 2 heterocycles. The summed E-state index contributed by atoms with van der Waals surface area (Å²) in [5.74, 6) is 1.62. The topological polar surface area (TPSA) is 94.1 Å². The van der Waals surface area contributed by atoms with E-state index in [0.29, 0.717) is 35.0 Å². The molecule has 0 aliphatic heterocycles. The molecule has 1 aromatic carbocycles. The van der Waals surface area contributed by atoms with Gasteiger partial charge in [0.15, 0.2) is 17.1 Å². The maximum absolute atomic E-state index is 12.4. The fraction of sp³-hybridized carbons (Fsp3) is 0.389. The second-order valence-corrected chi connectivity index (χ2v) is 7.90. The van der Waals surface area contributed by atoms with Crippen molar-refractivity contribution in [1.82, 2.24) is 19.7 Å². The largest absolute Gasteiger partial charge is 0.493 e. The lowest BCUT2D eigenvalue weighted by molar-refractivity contribution is 0.352. The second-order valence-electron chi connectivity index (χ2n) is 7.05. The predicted octanol–water partition coefficient (Wildman–Crippen LogP) is 3.27. The Balaban J connectivity index is 1.92. The van der Waals surface area contributed by atoms with Gasteiger partial charge in [-0.3, -0.25) is 9.78 Å². The van der Waals surface area contributed by atoms with E-state index in [2.05, 4.69) is 36.3 Å². The van der Waals surface area contributed by atoms with Crippen LogP contribution in [0, 0.1) is 0 Å². The molecule has 0 aliphatic rings. The first-order chi connectivity index (χ1) is 12.7. The number of aromatic nitrogens is 4. The minimum atomic E-state index is -0.284. The first-order valence-corrected chi connectivity index (χ1v) is 9.16. The second kappa shape index (κ2) is 7.22. The number of rotatable bonds is 5. The lowest BCUT2D eigenvalue weighted by atomic mass is 10.1. The molecule has 0 spiro atoms. The van der Waals surface area contributed by atoms with Gasteiger partial charge in [0, 0.05) is 6.54 Å². The average Bonchev–Trinajstić information content (AvgIpc) is 3.04. The monoisotopic (exact) mass is 435 g/mol. The fourth-order valence-electron chi connectivity index (χ4n) is 2.75. The van der Waals surface area contributed by atoms with Gasteiger partial charge in [0.05, 0.1) is 30.4 Å². The summed E-state index contributed by atoms with van der Waals surface area (Å²) in [6.45, 7) is 6.47. The average molecular weight is 436 g/mol. The van der Waals surface area contributed by atoms with Gasteiger partial charge in [-0.15, -0.1) is 0 Å². The number of ether oxygens (including phenoxy) is 2. The third-order valence-corrected chi connectivity index (χ3v) is 4.62. The highest BCUT2D eigenvalue weighted by Gasteiger charge is 2.20. The van der Waals surface area contributed by atoms with E-state index < -0.39 is 0 Å². The molecular weight excluding hydrogens is 414 g/mol. The minimum absolute atomic E-state index is 0.230. The van der Waals surface area contributed by atoms with Crippen LogP contribution in [0.5, 0.6) is 11.5 Å². The Morgan fingerprint density at radius 1 is 1.26 bits per heavy atom. The number of halogens is 1. The van der Waals surface area contributed by atoms with Crippen molar-refractivity contribution in [2.45, 2.75) is 32.9 Å². The van der Waals surface area contributed by atoms with Crippen LogP contribution < -0.4 is 20.3 Å². The van der Waals surface area contributed by atoms with Crippen molar-refractivity contribution >= 4 is 32.9 Å². The van der Waals surface area contributed by atoms with Crippen molar-refractivity contribution in [3.63, 3.8) is 0 Å². The van der Waals surface area contributed by atoms with E-state index in [-0.39, 0.29) is 11.1 Å². The highest BCUT2D eigenvalue weighted by atomic mass is 79.9. The number of anilines is 1. The first-order valence-electron chi connectivity index (χ1n) is 8.37. The van der Waals surface area contributed by atoms with Crippen molar-refractivity contribution in [3.05, 3.63) is 38.7 Å². The molecule has 144 valence electrons. The van der Waals surface area contributed by atoms with Crippen LogP contribution >= 0.6 is 15.9 Å². The Morgan fingerprint density at radius 3 is 2.63 bits per heavy atom. The molecule has 27 heavy (non-hydrogen) atoms. The van der Waals surface area contributed by atoms with Gasteiger partial charge in [0.2, 0.25) is 5.95 Å². The van der Waals surface area contributed by atoms with Crippen molar-refractivity contribution in [2.24, 2.45) is 0 Å². The minimum Gasteiger partial charge on any atom is -0.493 e. The van der Waals surface area contributed by atoms with E-state index in [1.807, 2.05) is 32.9 Å². The molecule has 0 bridgehead atoms. The van der Waals surface area contributed by atoms with Crippen molar-refractivity contribution < 1.29 is 9.47 Å². The quantitative estimate of drug-likeness (QED) is 0.638. The smallest absolute Gasteiger partial charge is 0.263 e. The third kappa shape index (κ3) is 3.78. The van der Waals surface area contributed by atoms with Gasteiger partial charge in [-0.1, -0.05) is 0 Å². The van der Waals surface area contributed by atoms with Crippen LogP contribution in [0.1, 0.15) is 26.3 Å². The number of H-pyrrole nitrogens is 1. The molecule has 0 atom stereocenters. The summed E-state index contributed by atoms with van der Waals surface area (Å²) in [5, 5.41) is 7.93. The normalized spacial score (nSPS) is 11.6. The Kier molecular flexibility index (Phi) is 5.14. The van der Waals surface area contributed by atoms with Crippen molar-refractivity contribution in [3.8, 4) is 11.5 Å². The Hall–Kier alpha value is -2.55. The van der Waals surface area contributed by atoms with Crippen LogP contribution in [0.4, 0.5) is 5.95 Å². The molecular formula is C18H22BrN5O3. The molecule has 0 saturated carbocycles. The van der Waals surface area contributed by atoms with E-state index in [1.54, 1.807) is 25.1 Å². The molecule has 0 fully saturated rings. The maximum atomic E-state index is 12.4. The van der Waals surface area contributed by atoms with Gasteiger partial charge >= 0.3 is 0 Å². The van der Waals surface area contributed by atoms with Crippen LogP contribution in [0.15, 0.2) is 27.6 Å². The number of fused-ring (bicyclic) bond motifs is 1. The van der Waals surface area contributed by atoms with Gasteiger partial charge in [-0.05, 0) is 54.4 Å². The molecule has 0 saturated heterocycles. The van der Waals surface area contributed by atoms with E-state index in [1.165, 1.54) is 0 Å². The molecule has 3 rings (SSSR count). The SMILES string of the molecule is COc1cc(CNc2nc3c(cnn3C(C)(C)C)c(=O)[nH]2)cc(Br)c1OC. The van der Waals surface area contributed by atoms with Crippen molar-refractivity contribution in [2.75, 3.05) is 19.5 Å². The van der Waals surface area contributed by atoms with Crippen LogP contribution in [0.25, 0.3) is 11.0 Å². The van der Waals surface area contributed by atoms with Gasteiger partial charge in [0.1, 0.15) is 5.39 Å². The zero-order valence-corrected chi connectivity index (χ0v) is 17.5. The van der Waals surface area contributed by atoms with Gasteiger partial charge in [0.25, 0.3) is 5.56 Å². The van der Waals surface area contributed by atoms with Gasteiger partial charge in [-0.25, -0.2) is 4.68 Å². The van der Waals surface area contributed by atoms with E-state index in [9.17, 15) is 4.79 Å². The predicted molar refractivity (Wildman–Crippen MR) is 108 cm³/mol. The van der Waals surface area contributed by atoms with Gasteiger partial charge < -0.3 is 14.8 Å². The number of hydrogen-bond donors (Lipinski definition) is 2. The fourth-order valence-corrected chi connectivity index (χ4v) is 3.40. The van der Waals surface area contributed by atoms with Gasteiger partial charge in [-0.2, -0.15) is 10.1 Å². The summed E-state index contributed by atoms with van der Waals surface area (Å²) in [6.07, 6.45) is 1.54. The summed E-state index contributed by atoms with van der Waals surface area (Å²) < 4.78 is 13.2. The standard InChI is InChI=1S/C18H22BrN5O3/c1-18(2,3)24-15-11(9-21-24)16(25)23-17(22-15)20-8-10-6-12(19)14(27-5)13(7-10)26-4/h6-7,9H,8H2,1-5H3,(H2,20,22,23,25). The molecule has 3 aromatic rings. The molecule has 0 unspecified atom stereocenters. The molecule has 2 N–H and O–H groups in total. The summed E-state index contributed by atoms with van der Waals surface area (Å²) in [5.41, 5.74) is 0.967. The molecule has 8 nitrogen and oxygen atoms in total. The highest BCUT2D eigenvalue weighted by Crippen LogP contribution is 2.36.